The molecule has 1 heterocycles. The van der Waals surface area contributed by atoms with Gasteiger partial charge in [0.25, 0.3) is 0 Å². The van der Waals surface area contributed by atoms with Gasteiger partial charge in [0.15, 0.2) is 0 Å². The minimum Gasteiger partial charge on any atom is -0.308 e. The number of nitrogens with zero attached hydrogens (tertiary/aromatic N) is 2. The fourth-order valence-corrected chi connectivity index (χ4v) is 6.86. The molecule has 1 unspecified atom stereocenters. The number of aryl methyl sites for hydroxylation is 3. The molecule has 34 heavy (non-hydrogen) atoms. The molecule has 5 nitrogen and oxygen atoms in total. The van der Waals surface area contributed by atoms with Crippen LogP contribution in [-0.2, 0) is 27.7 Å². The molecule has 6 heteroatoms. The Morgan fingerprint density at radius 2 is 1.59 bits per heavy atom. The van der Waals surface area contributed by atoms with Crippen molar-refractivity contribution in [2.75, 3.05) is 18.0 Å². The highest BCUT2D eigenvalue weighted by atomic mass is 32.2. The van der Waals surface area contributed by atoms with Gasteiger partial charge in [-0.3, -0.25) is 4.79 Å². The highest BCUT2D eigenvalue weighted by Crippen LogP contribution is 2.32. The van der Waals surface area contributed by atoms with Crippen molar-refractivity contribution < 1.29 is 13.2 Å². The summed E-state index contributed by atoms with van der Waals surface area (Å²) in [5.74, 6) is -0.198. The minimum atomic E-state index is -3.88. The van der Waals surface area contributed by atoms with Crippen molar-refractivity contribution in [3.8, 4) is 0 Å². The molecule has 0 saturated heterocycles. The third-order valence-corrected chi connectivity index (χ3v) is 8.63. The highest BCUT2D eigenvalue weighted by Gasteiger charge is 2.35. The van der Waals surface area contributed by atoms with Crippen LogP contribution in [0.4, 0.5) is 5.69 Å². The van der Waals surface area contributed by atoms with Crippen LogP contribution in [0, 0.1) is 20.8 Å². The Labute approximate surface area is 203 Å². The molecule has 3 aromatic carbocycles. The Hall–Kier alpha value is -2.96. The van der Waals surface area contributed by atoms with Crippen LogP contribution >= 0.6 is 0 Å². The Morgan fingerprint density at radius 3 is 2.26 bits per heavy atom. The quantitative estimate of drug-likeness (QED) is 0.491. The van der Waals surface area contributed by atoms with Crippen LogP contribution in [0.25, 0.3) is 0 Å². The van der Waals surface area contributed by atoms with Gasteiger partial charge in [0.05, 0.1) is 11.4 Å². The number of anilines is 1. The standard InChI is InChI=1S/C28H32N2O3S/c1-20-16-21(2)28(22(3)17-20)34(32,33)29(15-14-24-10-6-5-7-11-24)19-27(31)30-23(4)18-25-12-8-9-13-26(25)30/h5-13,16-17,23H,14-15,18-19H2,1-4H3. The zero-order valence-corrected chi connectivity index (χ0v) is 21.1. The molecule has 1 aliphatic rings. The van der Waals surface area contributed by atoms with Gasteiger partial charge in [-0.2, -0.15) is 4.31 Å². The molecule has 0 bridgehead atoms. The van der Waals surface area contributed by atoms with Crippen molar-refractivity contribution in [2.45, 2.75) is 51.5 Å². The summed E-state index contributed by atoms with van der Waals surface area (Å²) in [6.07, 6.45) is 1.30. The average Bonchev–Trinajstić information content (AvgIpc) is 3.12. The molecular weight excluding hydrogens is 444 g/mol. The number of rotatable bonds is 7. The second-order valence-corrected chi connectivity index (χ2v) is 11.1. The molecule has 0 radical (unpaired) electrons. The lowest BCUT2D eigenvalue weighted by Gasteiger charge is -2.28. The van der Waals surface area contributed by atoms with Crippen molar-refractivity contribution in [1.29, 1.82) is 0 Å². The maximum Gasteiger partial charge on any atom is 0.244 e. The number of fused-ring (bicyclic) bond motifs is 1. The number of hydrogen-bond acceptors (Lipinski definition) is 3. The molecule has 0 spiro atoms. The van der Waals surface area contributed by atoms with Crippen molar-refractivity contribution in [3.05, 3.63) is 94.5 Å². The summed E-state index contributed by atoms with van der Waals surface area (Å²) in [6.45, 7) is 7.65. The number of para-hydroxylation sites is 1. The van der Waals surface area contributed by atoms with Gasteiger partial charge in [-0.15, -0.1) is 0 Å². The maximum atomic E-state index is 13.9. The minimum absolute atomic E-state index is 0.00794. The van der Waals surface area contributed by atoms with Crippen molar-refractivity contribution in [3.63, 3.8) is 0 Å². The summed E-state index contributed by atoms with van der Waals surface area (Å²) in [4.78, 5) is 15.6. The number of hydrogen-bond donors (Lipinski definition) is 0. The smallest absolute Gasteiger partial charge is 0.244 e. The van der Waals surface area contributed by atoms with Crippen LogP contribution in [0.3, 0.4) is 0 Å². The summed E-state index contributed by atoms with van der Waals surface area (Å²) in [6, 6.07) is 21.4. The molecule has 1 atom stereocenters. The van der Waals surface area contributed by atoms with Gasteiger partial charge in [-0.1, -0.05) is 66.2 Å². The topological polar surface area (TPSA) is 57.7 Å². The van der Waals surface area contributed by atoms with Gasteiger partial charge < -0.3 is 4.90 Å². The molecule has 4 rings (SSSR count). The highest BCUT2D eigenvalue weighted by molar-refractivity contribution is 7.89. The first-order valence-corrected chi connectivity index (χ1v) is 13.1. The van der Waals surface area contributed by atoms with E-state index in [9.17, 15) is 13.2 Å². The van der Waals surface area contributed by atoms with E-state index in [4.69, 9.17) is 0 Å². The van der Waals surface area contributed by atoms with E-state index in [1.807, 2.05) is 94.4 Å². The second-order valence-electron chi connectivity index (χ2n) is 9.25. The molecular formula is C28H32N2O3S. The SMILES string of the molecule is Cc1cc(C)c(S(=O)(=O)N(CCc2ccccc2)CC(=O)N2c3ccccc3CC2C)c(C)c1. The van der Waals surface area contributed by atoms with E-state index < -0.39 is 10.0 Å². The molecule has 1 amide bonds. The molecule has 0 aliphatic carbocycles. The van der Waals surface area contributed by atoms with Crippen molar-refractivity contribution in [1.82, 2.24) is 4.31 Å². The lowest BCUT2D eigenvalue weighted by molar-refractivity contribution is -0.119. The van der Waals surface area contributed by atoms with Crippen LogP contribution in [0.5, 0.6) is 0 Å². The van der Waals surface area contributed by atoms with Crippen LogP contribution < -0.4 is 4.90 Å². The zero-order valence-electron chi connectivity index (χ0n) is 20.3. The first kappa shape index (κ1) is 24.2. The molecule has 3 aromatic rings. The van der Waals surface area contributed by atoms with Crippen molar-refractivity contribution >= 4 is 21.6 Å². The Bertz CT molecular complexity index is 1280. The van der Waals surface area contributed by atoms with Gasteiger partial charge in [-0.05, 0) is 68.9 Å². The second kappa shape index (κ2) is 9.72. The number of carbonyl (C=O) groups is 1. The van der Waals surface area contributed by atoms with Gasteiger partial charge in [0.2, 0.25) is 15.9 Å². The lowest BCUT2D eigenvalue weighted by Crippen LogP contribution is -2.46. The third kappa shape index (κ3) is 4.79. The summed E-state index contributed by atoms with van der Waals surface area (Å²) in [5.41, 5.74) is 5.45. The summed E-state index contributed by atoms with van der Waals surface area (Å²) in [7, 11) is -3.88. The number of sulfonamides is 1. The van der Waals surface area contributed by atoms with E-state index in [0.717, 1.165) is 28.8 Å². The molecule has 0 aromatic heterocycles. The lowest BCUT2D eigenvalue weighted by atomic mass is 10.1. The number of benzene rings is 3. The fraction of sp³-hybridized carbons (Fsp3) is 0.321. The average molecular weight is 477 g/mol. The van der Waals surface area contributed by atoms with Crippen LogP contribution in [0.15, 0.2) is 71.6 Å². The zero-order chi connectivity index (χ0) is 24.5. The van der Waals surface area contributed by atoms with Crippen LogP contribution in [0.1, 0.15) is 34.7 Å². The van der Waals surface area contributed by atoms with Gasteiger partial charge >= 0.3 is 0 Å². The third-order valence-electron chi connectivity index (χ3n) is 6.48. The molecule has 1 aliphatic heterocycles. The van der Waals surface area contributed by atoms with Gasteiger partial charge in [-0.25, -0.2) is 8.42 Å². The normalized spacial score (nSPS) is 15.6. The predicted octanol–water partition coefficient (Wildman–Crippen LogP) is 4.82. The Balaban J connectivity index is 1.68. The van der Waals surface area contributed by atoms with Gasteiger partial charge in [0.1, 0.15) is 0 Å². The maximum absolute atomic E-state index is 13.9. The summed E-state index contributed by atoms with van der Waals surface area (Å²) in [5, 5.41) is 0. The Morgan fingerprint density at radius 1 is 0.971 bits per heavy atom. The van der Waals surface area contributed by atoms with Gasteiger partial charge in [0, 0.05) is 18.3 Å². The number of carbonyl (C=O) groups excluding carboxylic acids is 1. The predicted molar refractivity (Wildman–Crippen MR) is 137 cm³/mol. The molecule has 0 fully saturated rings. The van der Waals surface area contributed by atoms with E-state index >= 15 is 0 Å². The van der Waals surface area contributed by atoms with Crippen molar-refractivity contribution in [2.24, 2.45) is 0 Å². The Kier molecular flexibility index (Phi) is 6.91. The summed E-state index contributed by atoms with van der Waals surface area (Å²) < 4.78 is 29.2. The van der Waals surface area contributed by atoms with E-state index in [-0.39, 0.29) is 25.0 Å². The monoisotopic (exact) mass is 476 g/mol. The van der Waals surface area contributed by atoms with E-state index in [0.29, 0.717) is 22.4 Å². The fourth-order valence-electron chi connectivity index (χ4n) is 5.06. The van der Waals surface area contributed by atoms with E-state index in [1.54, 1.807) is 4.90 Å². The first-order chi connectivity index (χ1) is 16.2. The largest absolute Gasteiger partial charge is 0.308 e. The van der Waals surface area contributed by atoms with Crippen LogP contribution in [0.2, 0.25) is 0 Å². The van der Waals surface area contributed by atoms with E-state index in [1.165, 1.54) is 4.31 Å². The van der Waals surface area contributed by atoms with E-state index in [2.05, 4.69) is 0 Å². The summed E-state index contributed by atoms with van der Waals surface area (Å²) >= 11 is 0. The molecule has 178 valence electrons. The number of amides is 1. The first-order valence-electron chi connectivity index (χ1n) is 11.7. The molecule has 0 N–H and O–H groups in total. The molecule has 0 saturated carbocycles. The van der Waals surface area contributed by atoms with Crippen LogP contribution in [-0.4, -0.2) is 37.8 Å².